The first-order valence-electron chi connectivity index (χ1n) is 6.83. The molecule has 0 aliphatic carbocycles. The van der Waals surface area contributed by atoms with Crippen LogP contribution in [0.15, 0.2) is 24.4 Å². The highest BCUT2D eigenvalue weighted by atomic mass is 32.1. The smallest absolute Gasteiger partial charge is 0.230 e. The molecule has 1 aromatic carbocycles. The minimum atomic E-state index is -0.600. The number of anilines is 1. The molecule has 1 aromatic heterocycles. The van der Waals surface area contributed by atoms with Crippen molar-refractivity contribution < 1.29 is 13.6 Å². The first-order valence-corrected chi connectivity index (χ1v) is 7.65. The van der Waals surface area contributed by atoms with E-state index in [0.29, 0.717) is 23.7 Å². The number of aromatic nitrogens is 1. The van der Waals surface area contributed by atoms with Gasteiger partial charge in [-0.3, -0.25) is 4.79 Å². The van der Waals surface area contributed by atoms with Crippen LogP contribution in [0.5, 0.6) is 0 Å². The molecule has 0 bridgehead atoms. The molecular formula is C15H17F2N3OS. The number of nitrogens with one attached hydrogen (secondary N) is 2. The van der Waals surface area contributed by atoms with Crippen LogP contribution in [0.1, 0.15) is 17.4 Å². The first-order chi connectivity index (χ1) is 10.5. The van der Waals surface area contributed by atoms with Gasteiger partial charge in [0, 0.05) is 36.0 Å². The lowest BCUT2D eigenvalue weighted by Gasteiger charge is -2.09. The van der Waals surface area contributed by atoms with E-state index in [1.165, 1.54) is 23.5 Å². The highest BCUT2D eigenvalue weighted by molar-refractivity contribution is 7.15. The van der Waals surface area contributed by atoms with Gasteiger partial charge in [0.1, 0.15) is 11.6 Å². The Hall–Kier alpha value is -1.86. The van der Waals surface area contributed by atoms with Crippen molar-refractivity contribution >= 4 is 22.4 Å². The molecular weight excluding hydrogens is 308 g/mol. The van der Waals surface area contributed by atoms with Crippen LogP contribution in [-0.2, 0) is 11.2 Å². The molecule has 1 amide bonds. The number of halogens is 2. The van der Waals surface area contributed by atoms with E-state index >= 15 is 0 Å². The van der Waals surface area contributed by atoms with E-state index in [-0.39, 0.29) is 11.8 Å². The van der Waals surface area contributed by atoms with Gasteiger partial charge >= 0.3 is 0 Å². The van der Waals surface area contributed by atoms with Crippen molar-refractivity contribution in [3.63, 3.8) is 0 Å². The van der Waals surface area contributed by atoms with Crippen LogP contribution in [0.2, 0.25) is 0 Å². The summed E-state index contributed by atoms with van der Waals surface area (Å²) in [6, 6.07) is 3.50. The van der Waals surface area contributed by atoms with Crippen LogP contribution < -0.4 is 10.6 Å². The van der Waals surface area contributed by atoms with Crippen molar-refractivity contribution in [2.45, 2.75) is 13.3 Å². The topological polar surface area (TPSA) is 54.0 Å². The summed E-state index contributed by atoms with van der Waals surface area (Å²) in [5.41, 5.74) is 0.395. The standard InChI is InChI=1S/C15H17F2N3OS/c1-9(7-18-2)14(21)20-15-19-8-12(22-15)5-10-3-4-11(16)6-13(10)17/h3-4,6,8-9,18H,5,7H2,1-2H3,(H,19,20,21). The number of hydrogen-bond donors (Lipinski definition) is 2. The van der Waals surface area contributed by atoms with E-state index in [1.54, 1.807) is 13.2 Å². The Kier molecular flexibility index (Phi) is 5.57. The Morgan fingerprint density at radius 2 is 2.18 bits per heavy atom. The molecule has 2 N–H and O–H groups in total. The van der Waals surface area contributed by atoms with Gasteiger partial charge in [-0.15, -0.1) is 11.3 Å². The van der Waals surface area contributed by atoms with Gasteiger partial charge in [-0.2, -0.15) is 0 Å². The van der Waals surface area contributed by atoms with Crippen LogP contribution in [0.25, 0.3) is 0 Å². The Labute approximate surface area is 131 Å². The van der Waals surface area contributed by atoms with Crippen molar-refractivity contribution in [1.82, 2.24) is 10.3 Å². The minimum Gasteiger partial charge on any atom is -0.319 e. The molecule has 1 unspecified atom stereocenters. The van der Waals surface area contributed by atoms with Crippen molar-refractivity contribution in [2.24, 2.45) is 5.92 Å². The molecule has 0 aliphatic rings. The summed E-state index contributed by atoms with van der Waals surface area (Å²) in [6.45, 7) is 2.39. The largest absolute Gasteiger partial charge is 0.319 e. The number of hydrogen-bond acceptors (Lipinski definition) is 4. The summed E-state index contributed by atoms with van der Waals surface area (Å²) in [4.78, 5) is 16.8. The quantitative estimate of drug-likeness (QED) is 0.859. The summed E-state index contributed by atoms with van der Waals surface area (Å²) < 4.78 is 26.5. The second kappa shape index (κ2) is 7.42. The summed E-state index contributed by atoms with van der Waals surface area (Å²) in [5, 5.41) is 6.14. The third kappa shape index (κ3) is 4.32. The fraction of sp³-hybridized carbons (Fsp3) is 0.333. The van der Waals surface area contributed by atoms with Gasteiger partial charge in [0.05, 0.1) is 0 Å². The van der Waals surface area contributed by atoms with Gasteiger partial charge in [0.2, 0.25) is 5.91 Å². The molecule has 0 spiro atoms. The fourth-order valence-electron chi connectivity index (χ4n) is 1.93. The van der Waals surface area contributed by atoms with Crippen molar-refractivity contribution in [2.75, 3.05) is 18.9 Å². The van der Waals surface area contributed by atoms with Crippen LogP contribution >= 0.6 is 11.3 Å². The van der Waals surface area contributed by atoms with E-state index in [0.717, 1.165) is 10.9 Å². The Balaban J connectivity index is 2.01. The SMILES string of the molecule is CNCC(C)C(=O)Nc1ncc(Cc2ccc(F)cc2F)s1. The molecule has 1 atom stereocenters. The van der Waals surface area contributed by atoms with Crippen LogP contribution in [0.4, 0.5) is 13.9 Å². The molecule has 22 heavy (non-hydrogen) atoms. The lowest BCUT2D eigenvalue weighted by Crippen LogP contribution is -2.28. The van der Waals surface area contributed by atoms with Crippen molar-refractivity contribution in [3.8, 4) is 0 Å². The zero-order valence-corrected chi connectivity index (χ0v) is 13.1. The van der Waals surface area contributed by atoms with Gasteiger partial charge < -0.3 is 10.6 Å². The van der Waals surface area contributed by atoms with Crippen molar-refractivity contribution in [1.29, 1.82) is 0 Å². The Morgan fingerprint density at radius 1 is 1.41 bits per heavy atom. The predicted molar refractivity (Wildman–Crippen MR) is 83.0 cm³/mol. The number of amides is 1. The maximum atomic E-state index is 13.6. The van der Waals surface area contributed by atoms with E-state index in [2.05, 4.69) is 15.6 Å². The predicted octanol–water partition coefficient (Wildman–Crippen LogP) is 2.81. The minimum absolute atomic E-state index is 0.122. The first kappa shape index (κ1) is 16.5. The fourth-order valence-corrected chi connectivity index (χ4v) is 2.77. The third-order valence-corrected chi connectivity index (χ3v) is 4.03. The van der Waals surface area contributed by atoms with Crippen LogP contribution in [0, 0.1) is 17.6 Å². The Bertz CT molecular complexity index is 660. The second-order valence-corrected chi connectivity index (χ2v) is 6.11. The average molecular weight is 325 g/mol. The number of benzene rings is 1. The van der Waals surface area contributed by atoms with Crippen molar-refractivity contribution in [3.05, 3.63) is 46.5 Å². The molecule has 0 aliphatic heterocycles. The van der Waals surface area contributed by atoms with E-state index in [1.807, 2.05) is 6.92 Å². The van der Waals surface area contributed by atoms with Gasteiger partial charge in [0.25, 0.3) is 0 Å². The van der Waals surface area contributed by atoms with E-state index in [9.17, 15) is 13.6 Å². The Morgan fingerprint density at radius 3 is 2.86 bits per heavy atom. The number of nitrogens with zero attached hydrogens (tertiary/aromatic N) is 1. The maximum absolute atomic E-state index is 13.6. The molecule has 0 saturated carbocycles. The molecule has 2 aromatic rings. The molecule has 7 heteroatoms. The third-order valence-electron chi connectivity index (χ3n) is 3.12. The van der Waals surface area contributed by atoms with Gasteiger partial charge in [-0.25, -0.2) is 13.8 Å². The van der Waals surface area contributed by atoms with E-state index < -0.39 is 11.6 Å². The summed E-state index contributed by atoms with van der Waals surface area (Å²) in [5.74, 6) is -1.48. The molecule has 118 valence electrons. The summed E-state index contributed by atoms with van der Waals surface area (Å²) >= 11 is 1.28. The zero-order chi connectivity index (χ0) is 16.1. The summed E-state index contributed by atoms with van der Waals surface area (Å²) in [6.07, 6.45) is 1.90. The van der Waals surface area contributed by atoms with Gasteiger partial charge in [-0.05, 0) is 18.7 Å². The normalized spacial score (nSPS) is 12.2. The van der Waals surface area contributed by atoms with Gasteiger partial charge in [-0.1, -0.05) is 13.0 Å². The molecule has 2 rings (SSSR count). The van der Waals surface area contributed by atoms with Crippen LogP contribution in [0.3, 0.4) is 0 Å². The highest BCUT2D eigenvalue weighted by Crippen LogP contribution is 2.23. The maximum Gasteiger partial charge on any atom is 0.230 e. The second-order valence-electron chi connectivity index (χ2n) is 4.99. The lowest BCUT2D eigenvalue weighted by molar-refractivity contribution is -0.119. The molecule has 4 nitrogen and oxygen atoms in total. The van der Waals surface area contributed by atoms with E-state index in [4.69, 9.17) is 0 Å². The summed E-state index contributed by atoms with van der Waals surface area (Å²) in [7, 11) is 1.78. The number of carbonyl (C=O) groups is 1. The molecule has 0 saturated heterocycles. The number of thiazole rings is 1. The lowest BCUT2D eigenvalue weighted by atomic mass is 10.1. The zero-order valence-electron chi connectivity index (χ0n) is 12.3. The highest BCUT2D eigenvalue weighted by Gasteiger charge is 2.14. The molecule has 0 fully saturated rings. The monoisotopic (exact) mass is 325 g/mol. The van der Waals surface area contributed by atoms with Gasteiger partial charge in [0.15, 0.2) is 5.13 Å². The number of carbonyl (C=O) groups excluding carboxylic acids is 1. The number of rotatable bonds is 6. The molecule has 1 heterocycles. The molecule has 0 radical (unpaired) electrons. The van der Waals surface area contributed by atoms with Crippen LogP contribution in [-0.4, -0.2) is 24.5 Å². The average Bonchev–Trinajstić information content (AvgIpc) is 2.89.